The first-order valence-electron chi connectivity index (χ1n) is 4.61. The lowest BCUT2D eigenvalue weighted by Gasteiger charge is -2.12. The molecular weight excluding hydrogens is 195 g/mol. The number of fused-ring (bicyclic) bond motifs is 1. The van der Waals surface area contributed by atoms with Gasteiger partial charge in [0, 0.05) is 5.25 Å². The third-order valence-corrected chi connectivity index (χ3v) is 4.24. The van der Waals surface area contributed by atoms with Crippen molar-refractivity contribution >= 4 is 11.8 Å². The van der Waals surface area contributed by atoms with E-state index < -0.39 is 0 Å². The molecule has 70 valence electrons. The normalized spacial score (nSPS) is 33.5. The molecule has 2 atom stereocenters. The first-order valence-corrected chi connectivity index (χ1v) is 5.49. The third kappa shape index (κ3) is 1.07. The van der Waals surface area contributed by atoms with Crippen molar-refractivity contribution in [3.8, 4) is 0 Å². The van der Waals surface area contributed by atoms with Crippen molar-refractivity contribution in [2.24, 2.45) is 0 Å². The zero-order valence-electron chi connectivity index (χ0n) is 7.48. The topological polar surface area (TPSA) is 0 Å². The molecule has 0 N–H and O–H groups in total. The second kappa shape index (κ2) is 2.74. The van der Waals surface area contributed by atoms with E-state index in [0.717, 1.165) is 0 Å². The molecule has 0 bridgehead atoms. The fourth-order valence-corrected chi connectivity index (χ4v) is 3.15. The van der Waals surface area contributed by atoms with Gasteiger partial charge in [-0.15, -0.1) is 11.8 Å². The summed E-state index contributed by atoms with van der Waals surface area (Å²) >= 11 is 1.80. The second-order valence-corrected chi connectivity index (χ2v) is 5.00. The smallest absolute Gasteiger partial charge is 0.120 e. The maximum atomic E-state index is 12.9. The maximum Gasteiger partial charge on any atom is 0.120 e. The van der Waals surface area contributed by atoms with E-state index in [1.165, 1.54) is 5.56 Å². The summed E-state index contributed by atoms with van der Waals surface area (Å²) in [5, 5.41) is 0.301. The molecule has 0 amide bonds. The van der Waals surface area contributed by atoms with Crippen LogP contribution in [0.4, 0.5) is 4.39 Å². The van der Waals surface area contributed by atoms with Crippen LogP contribution in [0.5, 0.6) is 0 Å². The molecule has 1 aromatic carbocycles. The predicted molar refractivity (Wildman–Crippen MR) is 57.8 cm³/mol. The number of halogens is 1. The summed E-state index contributed by atoms with van der Waals surface area (Å²) in [5.74, 6) is -0.105. The first-order chi connectivity index (χ1) is 6.81. The Morgan fingerprint density at radius 3 is 2.71 bits per heavy atom. The minimum atomic E-state index is -0.105. The highest BCUT2D eigenvalue weighted by Gasteiger charge is 2.55. The molecule has 14 heavy (non-hydrogen) atoms. The summed E-state index contributed by atoms with van der Waals surface area (Å²) in [4.78, 5) is 0. The van der Waals surface area contributed by atoms with Crippen molar-refractivity contribution in [3.63, 3.8) is 0 Å². The Hall–Kier alpha value is -1.02. The third-order valence-electron chi connectivity index (χ3n) is 2.71. The molecule has 1 fully saturated rings. The highest BCUT2D eigenvalue weighted by atomic mass is 32.2. The molecule has 3 rings (SSSR count). The number of thioether (sulfide) groups is 1. The Morgan fingerprint density at radius 2 is 2.00 bits per heavy atom. The Bertz CT molecular complexity index is 421. The molecule has 0 radical (unpaired) electrons. The highest BCUT2D eigenvalue weighted by molar-refractivity contribution is 8.08. The van der Waals surface area contributed by atoms with Crippen LogP contribution in [-0.4, -0.2) is 5.25 Å². The zero-order valence-corrected chi connectivity index (χ0v) is 8.30. The van der Waals surface area contributed by atoms with Gasteiger partial charge in [0.1, 0.15) is 5.83 Å². The molecule has 1 aromatic rings. The fraction of sp³-hybridized carbons (Fsp3) is 0.167. The number of benzene rings is 1. The van der Waals surface area contributed by atoms with Crippen molar-refractivity contribution in [2.45, 2.75) is 10.00 Å². The molecule has 2 unspecified atom stereocenters. The van der Waals surface area contributed by atoms with Gasteiger partial charge in [0.2, 0.25) is 0 Å². The Labute approximate surface area is 86.5 Å². The van der Waals surface area contributed by atoms with Gasteiger partial charge in [-0.2, -0.15) is 0 Å². The van der Waals surface area contributed by atoms with Gasteiger partial charge in [-0.1, -0.05) is 36.4 Å². The summed E-state index contributed by atoms with van der Waals surface area (Å²) < 4.78 is 12.9. The molecule has 1 aliphatic carbocycles. The fourth-order valence-electron chi connectivity index (χ4n) is 1.90. The van der Waals surface area contributed by atoms with E-state index in [9.17, 15) is 4.39 Å². The van der Waals surface area contributed by atoms with E-state index in [4.69, 9.17) is 0 Å². The average molecular weight is 204 g/mol. The van der Waals surface area contributed by atoms with Crippen LogP contribution in [0.3, 0.4) is 0 Å². The molecular formula is C12H9FS. The van der Waals surface area contributed by atoms with Crippen LogP contribution in [-0.2, 0) is 4.75 Å². The molecule has 0 aromatic heterocycles. The van der Waals surface area contributed by atoms with Gasteiger partial charge in [-0.25, -0.2) is 4.39 Å². The minimum Gasteiger partial charge on any atom is -0.207 e. The summed E-state index contributed by atoms with van der Waals surface area (Å²) in [5.41, 5.74) is 1.27. The largest absolute Gasteiger partial charge is 0.207 e. The first kappa shape index (κ1) is 8.30. The molecule has 2 aliphatic rings. The number of allylic oxidation sites excluding steroid dienone is 2. The van der Waals surface area contributed by atoms with Gasteiger partial charge in [-0.05, 0) is 17.7 Å². The maximum absolute atomic E-state index is 12.9. The van der Waals surface area contributed by atoms with E-state index in [1.807, 2.05) is 24.3 Å². The van der Waals surface area contributed by atoms with Crippen molar-refractivity contribution < 1.29 is 4.39 Å². The van der Waals surface area contributed by atoms with E-state index in [1.54, 1.807) is 23.9 Å². The second-order valence-electron chi connectivity index (χ2n) is 3.58. The quantitative estimate of drug-likeness (QED) is 0.632. The van der Waals surface area contributed by atoms with Gasteiger partial charge in [-0.3, -0.25) is 0 Å². The number of hydrogen-bond acceptors (Lipinski definition) is 1. The van der Waals surface area contributed by atoms with Gasteiger partial charge in [0.15, 0.2) is 0 Å². The van der Waals surface area contributed by atoms with Gasteiger partial charge in [0.05, 0.1) is 4.75 Å². The number of rotatable bonds is 1. The summed E-state index contributed by atoms with van der Waals surface area (Å²) in [6, 6.07) is 10.3. The minimum absolute atomic E-state index is 0.0385. The van der Waals surface area contributed by atoms with Crippen molar-refractivity contribution in [3.05, 3.63) is 60.0 Å². The number of hydrogen-bond donors (Lipinski definition) is 0. The molecule has 0 spiro atoms. The highest BCUT2D eigenvalue weighted by Crippen LogP contribution is 2.64. The average Bonchev–Trinajstić information content (AvgIpc) is 2.94. The van der Waals surface area contributed by atoms with Crippen LogP contribution in [0.2, 0.25) is 0 Å². The van der Waals surface area contributed by atoms with Crippen molar-refractivity contribution in [2.75, 3.05) is 0 Å². The molecule has 0 nitrogen and oxygen atoms in total. The van der Waals surface area contributed by atoms with Crippen LogP contribution in [0, 0.1) is 0 Å². The van der Waals surface area contributed by atoms with Crippen LogP contribution in [0.1, 0.15) is 5.56 Å². The Kier molecular flexibility index (Phi) is 1.62. The standard InChI is InChI=1S/C12H9FS/c13-10-6-7-12(11(8-10)14-12)9-4-2-1-3-5-9/h1-8,11H. The predicted octanol–water partition coefficient (Wildman–Crippen LogP) is 3.42. The Balaban J connectivity index is 2.01. The SMILES string of the molecule is FC1=CC2SC2(c2ccccc2)C=C1. The van der Waals surface area contributed by atoms with E-state index >= 15 is 0 Å². The van der Waals surface area contributed by atoms with Gasteiger partial charge < -0.3 is 0 Å². The van der Waals surface area contributed by atoms with Gasteiger partial charge in [0.25, 0.3) is 0 Å². The zero-order chi connectivity index (χ0) is 9.60. The molecule has 1 saturated heterocycles. The van der Waals surface area contributed by atoms with Crippen LogP contribution in [0.25, 0.3) is 0 Å². The molecule has 1 heterocycles. The lowest BCUT2D eigenvalue weighted by molar-refractivity contribution is 0.650. The van der Waals surface area contributed by atoms with Crippen molar-refractivity contribution in [1.82, 2.24) is 0 Å². The summed E-state index contributed by atoms with van der Waals surface area (Å²) in [6.45, 7) is 0. The lowest BCUT2D eigenvalue weighted by Crippen LogP contribution is -2.10. The van der Waals surface area contributed by atoms with E-state index in [-0.39, 0.29) is 10.6 Å². The monoisotopic (exact) mass is 204 g/mol. The lowest BCUT2D eigenvalue weighted by atomic mass is 9.92. The van der Waals surface area contributed by atoms with E-state index in [2.05, 4.69) is 12.1 Å². The Morgan fingerprint density at radius 1 is 1.21 bits per heavy atom. The summed E-state index contributed by atoms with van der Waals surface area (Å²) in [7, 11) is 0. The van der Waals surface area contributed by atoms with Crippen LogP contribution < -0.4 is 0 Å². The van der Waals surface area contributed by atoms with Crippen LogP contribution in [0.15, 0.2) is 54.4 Å². The van der Waals surface area contributed by atoms with Gasteiger partial charge >= 0.3 is 0 Å². The van der Waals surface area contributed by atoms with Crippen LogP contribution >= 0.6 is 11.8 Å². The molecule has 1 aliphatic heterocycles. The summed E-state index contributed by atoms with van der Waals surface area (Å²) in [6.07, 6.45) is 5.26. The molecule has 2 heteroatoms. The van der Waals surface area contributed by atoms with E-state index in [0.29, 0.717) is 5.25 Å². The van der Waals surface area contributed by atoms with Crippen molar-refractivity contribution in [1.29, 1.82) is 0 Å². The molecule has 0 saturated carbocycles.